The Hall–Kier alpha value is -1.62. The maximum absolute atomic E-state index is 13.6. The fourth-order valence-electron chi connectivity index (χ4n) is 7.54. The normalized spacial score (nSPS) is 46.3. The minimum absolute atomic E-state index is 0.0873. The van der Waals surface area contributed by atoms with Gasteiger partial charge in [-0.3, -0.25) is 19.2 Å². The number of aliphatic hydroxyl groups excluding tert-OH is 1. The third kappa shape index (κ3) is 2.20. The molecule has 0 bridgehead atoms. The predicted octanol–water partition coefficient (Wildman–Crippen LogP) is 3.22. The van der Waals surface area contributed by atoms with Crippen LogP contribution < -0.4 is 0 Å². The van der Waals surface area contributed by atoms with Gasteiger partial charge in [0.25, 0.3) is 0 Å². The third-order valence-corrected chi connectivity index (χ3v) is 9.61. The number of fused-ring (bicyclic) bond motifs is 4. The largest absolute Gasteiger partial charge is 0.393 e. The van der Waals surface area contributed by atoms with Crippen LogP contribution in [0.4, 0.5) is 0 Å². The Bertz CT molecular complexity index is 895. The smallest absolute Gasteiger partial charge is 0.160 e. The molecule has 2 fully saturated rings. The number of hydrogen-bond acceptors (Lipinski definition) is 5. The highest BCUT2D eigenvalue weighted by atomic mass is 16.3. The minimum Gasteiger partial charge on any atom is -0.393 e. The van der Waals surface area contributed by atoms with Gasteiger partial charge in [-0.05, 0) is 38.0 Å². The van der Waals surface area contributed by atoms with E-state index in [0.29, 0.717) is 24.0 Å². The van der Waals surface area contributed by atoms with E-state index >= 15 is 0 Å². The summed E-state index contributed by atoms with van der Waals surface area (Å²) in [6.45, 7) is 11.1. The maximum Gasteiger partial charge on any atom is 0.160 e. The van der Waals surface area contributed by atoms with Gasteiger partial charge in [-0.2, -0.15) is 0 Å². The van der Waals surface area contributed by atoms with Crippen LogP contribution in [-0.2, 0) is 19.2 Å². The van der Waals surface area contributed by atoms with Crippen LogP contribution in [0.2, 0.25) is 0 Å². The molecule has 0 spiro atoms. The Kier molecular flexibility index (Phi) is 4.09. The Morgan fingerprint density at radius 1 is 0.966 bits per heavy atom. The molecule has 0 aromatic heterocycles. The van der Waals surface area contributed by atoms with Crippen molar-refractivity contribution in [3.05, 3.63) is 11.1 Å². The van der Waals surface area contributed by atoms with Gasteiger partial charge in [0.15, 0.2) is 11.6 Å². The topological polar surface area (TPSA) is 88.5 Å². The van der Waals surface area contributed by atoms with Crippen LogP contribution in [0.5, 0.6) is 0 Å². The van der Waals surface area contributed by atoms with E-state index in [2.05, 4.69) is 0 Å². The van der Waals surface area contributed by atoms with Gasteiger partial charge in [0.1, 0.15) is 11.6 Å². The first-order chi connectivity index (χ1) is 13.2. The molecule has 0 saturated heterocycles. The summed E-state index contributed by atoms with van der Waals surface area (Å²) < 4.78 is 0. The van der Waals surface area contributed by atoms with Crippen molar-refractivity contribution in [2.75, 3.05) is 0 Å². The number of aliphatic hydroxyl groups is 1. The second-order valence-corrected chi connectivity index (χ2v) is 11.2. The van der Waals surface area contributed by atoms with Gasteiger partial charge in [-0.25, -0.2) is 0 Å². The van der Waals surface area contributed by atoms with Crippen LogP contribution in [0.25, 0.3) is 0 Å². The lowest BCUT2D eigenvalue weighted by Gasteiger charge is -2.59. The summed E-state index contributed by atoms with van der Waals surface area (Å²) in [5, 5.41) is 10.6. The van der Waals surface area contributed by atoms with E-state index in [1.807, 2.05) is 27.7 Å². The molecule has 29 heavy (non-hydrogen) atoms. The summed E-state index contributed by atoms with van der Waals surface area (Å²) in [4.78, 5) is 52.8. The average molecular weight is 401 g/mol. The summed E-state index contributed by atoms with van der Waals surface area (Å²) in [6.07, 6.45) is 1.12. The van der Waals surface area contributed by atoms with Crippen LogP contribution in [0.1, 0.15) is 73.6 Å². The van der Waals surface area contributed by atoms with Crippen LogP contribution in [0.3, 0.4) is 0 Å². The van der Waals surface area contributed by atoms with Gasteiger partial charge >= 0.3 is 0 Å². The molecular formula is C24H32O5. The number of hydrogen-bond donors (Lipinski definition) is 1. The highest BCUT2D eigenvalue weighted by Crippen LogP contribution is 2.69. The Morgan fingerprint density at radius 2 is 1.59 bits per heavy atom. The zero-order valence-electron chi connectivity index (χ0n) is 18.3. The zero-order valence-corrected chi connectivity index (χ0v) is 18.3. The second-order valence-electron chi connectivity index (χ2n) is 11.2. The van der Waals surface area contributed by atoms with Crippen molar-refractivity contribution >= 4 is 23.1 Å². The predicted molar refractivity (Wildman–Crippen MR) is 107 cm³/mol. The van der Waals surface area contributed by atoms with Crippen LogP contribution in [0.15, 0.2) is 11.1 Å². The second kappa shape index (κ2) is 5.75. The summed E-state index contributed by atoms with van der Waals surface area (Å²) in [6, 6.07) is 0. The molecule has 0 radical (unpaired) electrons. The lowest BCUT2D eigenvalue weighted by atomic mass is 9.43. The highest BCUT2D eigenvalue weighted by Gasteiger charge is 2.70. The fraction of sp³-hybridized carbons (Fsp3) is 0.750. The van der Waals surface area contributed by atoms with E-state index in [0.717, 1.165) is 0 Å². The first-order valence-corrected chi connectivity index (χ1v) is 10.8. The maximum atomic E-state index is 13.6. The van der Waals surface area contributed by atoms with Crippen molar-refractivity contribution in [2.24, 2.45) is 33.5 Å². The van der Waals surface area contributed by atoms with E-state index in [1.54, 1.807) is 6.92 Å². The lowest BCUT2D eigenvalue weighted by Crippen LogP contribution is -2.59. The first kappa shape index (κ1) is 20.6. The molecule has 2 saturated carbocycles. The van der Waals surface area contributed by atoms with Gasteiger partial charge in [-0.15, -0.1) is 0 Å². The van der Waals surface area contributed by atoms with Crippen molar-refractivity contribution in [2.45, 2.75) is 79.8 Å². The van der Waals surface area contributed by atoms with Gasteiger partial charge in [-0.1, -0.05) is 27.7 Å². The molecule has 4 aliphatic rings. The number of rotatable bonds is 1. The lowest BCUT2D eigenvalue weighted by molar-refractivity contribution is -0.145. The molecule has 0 amide bonds. The molecule has 5 heteroatoms. The van der Waals surface area contributed by atoms with E-state index in [1.165, 1.54) is 6.92 Å². The molecule has 0 aromatic carbocycles. The van der Waals surface area contributed by atoms with E-state index in [-0.39, 0.29) is 48.3 Å². The molecule has 4 rings (SSSR count). The standard InChI is InChI=1S/C24H32O5/c1-12(25)13-9-18(29)24(6)20-14(26)10-16-21(2,3)17(28)7-8-22(16,4)19(20)15(27)11-23(13,24)5/h13,16-17,28H,7-11H2,1-6H3. The van der Waals surface area contributed by atoms with Gasteiger partial charge in [0.05, 0.1) is 11.5 Å². The zero-order chi connectivity index (χ0) is 21.7. The summed E-state index contributed by atoms with van der Waals surface area (Å²) in [5.41, 5.74) is -2.08. The van der Waals surface area contributed by atoms with Gasteiger partial charge in [0, 0.05) is 47.2 Å². The first-order valence-electron chi connectivity index (χ1n) is 10.8. The highest BCUT2D eigenvalue weighted by molar-refractivity contribution is 6.17. The number of carbonyl (C=O) groups excluding carboxylic acids is 4. The van der Waals surface area contributed by atoms with Crippen molar-refractivity contribution in [1.82, 2.24) is 0 Å². The van der Waals surface area contributed by atoms with Crippen molar-refractivity contribution in [1.29, 1.82) is 0 Å². The number of allylic oxidation sites excluding steroid dienone is 2. The molecule has 0 aliphatic heterocycles. The number of Topliss-reactive ketones (excluding diaryl/α,β-unsaturated/α-hetero) is 4. The summed E-state index contributed by atoms with van der Waals surface area (Å²) in [5.74, 6) is -1.10. The van der Waals surface area contributed by atoms with Crippen LogP contribution in [-0.4, -0.2) is 34.3 Å². The Morgan fingerprint density at radius 3 is 2.17 bits per heavy atom. The van der Waals surface area contributed by atoms with E-state index < -0.39 is 33.7 Å². The quantitative estimate of drug-likeness (QED) is 0.730. The molecule has 4 aliphatic carbocycles. The number of carbonyl (C=O) groups is 4. The summed E-state index contributed by atoms with van der Waals surface area (Å²) in [7, 11) is 0. The van der Waals surface area contributed by atoms with E-state index in [9.17, 15) is 24.3 Å². The molecular weight excluding hydrogens is 368 g/mol. The molecule has 5 nitrogen and oxygen atoms in total. The monoisotopic (exact) mass is 400 g/mol. The Balaban J connectivity index is 1.99. The molecule has 6 unspecified atom stereocenters. The van der Waals surface area contributed by atoms with Crippen LogP contribution in [0, 0.1) is 33.5 Å². The molecule has 0 heterocycles. The molecule has 1 N–H and O–H groups in total. The van der Waals surface area contributed by atoms with Crippen molar-refractivity contribution in [3.63, 3.8) is 0 Å². The fourth-order valence-corrected chi connectivity index (χ4v) is 7.54. The van der Waals surface area contributed by atoms with Crippen molar-refractivity contribution < 1.29 is 24.3 Å². The SMILES string of the molecule is CC(=O)C1CC(=O)C2(C)C3=C(C(=O)CC12C)C1(C)CCC(O)C(C)(C)C1CC3=O. The average Bonchev–Trinajstić information content (AvgIpc) is 2.81. The molecule has 158 valence electrons. The number of ketones is 4. The van der Waals surface area contributed by atoms with Crippen LogP contribution >= 0.6 is 0 Å². The molecule has 0 aromatic rings. The van der Waals surface area contributed by atoms with Gasteiger partial charge < -0.3 is 5.11 Å². The van der Waals surface area contributed by atoms with E-state index in [4.69, 9.17) is 0 Å². The van der Waals surface area contributed by atoms with Crippen molar-refractivity contribution in [3.8, 4) is 0 Å². The van der Waals surface area contributed by atoms with Gasteiger partial charge in [0.2, 0.25) is 0 Å². The minimum atomic E-state index is -1.10. The molecule has 6 atom stereocenters. The Labute approximate surface area is 172 Å². The third-order valence-electron chi connectivity index (χ3n) is 9.61. The summed E-state index contributed by atoms with van der Waals surface area (Å²) >= 11 is 0.